The number of rotatable bonds is 3. The molecule has 1 aliphatic carbocycles. The zero-order chi connectivity index (χ0) is 7.68. The van der Waals surface area contributed by atoms with Gasteiger partial charge in [-0.1, -0.05) is 0 Å². The summed E-state index contributed by atoms with van der Waals surface area (Å²) in [5, 5.41) is 4.05. The second kappa shape index (κ2) is 2.49. The lowest BCUT2D eigenvalue weighted by molar-refractivity contribution is 0.112. The fourth-order valence-corrected chi connectivity index (χ4v) is 1.11. The predicted octanol–water partition coefficient (Wildman–Crippen LogP) is 1.11. The van der Waals surface area contributed by atoms with Crippen LogP contribution < -0.4 is 0 Å². The Labute approximate surface area is 65.0 Å². The Morgan fingerprint density at radius 1 is 1.73 bits per heavy atom. The van der Waals surface area contributed by atoms with Crippen LogP contribution in [0.15, 0.2) is 12.4 Å². The van der Waals surface area contributed by atoms with Crippen molar-refractivity contribution >= 4 is 6.29 Å². The van der Waals surface area contributed by atoms with E-state index >= 15 is 0 Å². The highest BCUT2D eigenvalue weighted by Crippen LogP contribution is 2.30. The minimum atomic E-state index is 0.672. The molecule has 1 aromatic heterocycles. The van der Waals surface area contributed by atoms with Gasteiger partial charge in [0.25, 0.3) is 0 Å². The van der Waals surface area contributed by atoms with E-state index in [1.807, 2.05) is 4.68 Å². The molecule has 1 aromatic rings. The zero-order valence-electron chi connectivity index (χ0n) is 6.23. The van der Waals surface area contributed by atoms with Crippen LogP contribution in [0.25, 0.3) is 0 Å². The summed E-state index contributed by atoms with van der Waals surface area (Å²) in [4.78, 5) is 10.3. The lowest BCUT2D eigenvalue weighted by Gasteiger charge is -1.95. The first-order chi connectivity index (χ1) is 5.38. The van der Waals surface area contributed by atoms with E-state index in [2.05, 4.69) is 5.10 Å². The van der Waals surface area contributed by atoms with Crippen LogP contribution in [0.4, 0.5) is 0 Å². The van der Waals surface area contributed by atoms with Gasteiger partial charge < -0.3 is 0 Å². The quantitative estimate of drug-likeness (QED) is 0.605. The van der Waals surface area contributed by atoms with Crippen molar-refractivity contribution in [1.82, 2.24) is 9.78 Å². The SMILES string of the molecule is O=Cc1cnn(CC2CC2)c1. The molecule has 11 heavy (non-hydrogen) atoms. The summed E-state index contributed by atoms with van der Waals surface area (Å²) < 4.78 is 1.85. The van der Waals surface area contributed by atoms with E-state index in [0.717, 1.165) is 18.7 Å². The van der Waals surface area contributed by atoms with Crippen molar-refractivity contribution in [3.05, 3.63) is 18.0 Å². The number of carbonyl (C=O) groups is 1. The topological polar surface area (TPSA) is 34.9 Å². The molecule has 1 heterocycles. The van der Waals surface area contributed by atoms with Crippen LogP contribution in [0.3, 0.4) is 0 Å². The van der Waals surface area contributed by atoms with E-state index < -0.39 is 0 Å². The maximum Gasteiger partial charge on any atom is 0.153 e. The molecule has 0 N–H and O–H groups in total. The maximum absolute atomic E-state index is 10.3. The standard InChI is InChI=1S/C8H10N2O/c11-6-8-3-9-10(5-8)4-7-1-2-7/h3,5-7H,1-2,4H2. The van der Waals surface area contributed by atoms with Crippen molar-refractivity contribution in [2.45, 2.75) is 19.4 Å². The second-order valence-corrected chi connectivity index (χ2v) is 3.06. The monoisotopic (exact) mass is 150 g/mol. The number of aromatic nitrogens is 2. The Balaban J connectivity index is 2.05. The van der Waals surface area contributed by atoms with Crippen molar-refractivity contribution in [2.24, 2.45) is 5.92 Å². The van der Waals surface area contributed by atoms with Crippen LogP contribution in [0.1, 0.15) is 23.2 Å². The molecule has 1 aliphatic rings. The van der Waals surface area contributed by atoms with Crippen molar-refractivity contribution in [2.75, 3.05) is 0 Å². The smallest absolute Gasteiger partial charge is 0.153 e. The molecule has 58 valence electrons. The van der Waals surface area contributed by atoms with E-state index in [0.29, 0.717) is 5.56 Å². The molecule has 0 radical (unpaired) electrons. The highest BCUT2D eigenvalue weighted by Gasteiger charge is 2.21. The van der Waals surface area contributed by atoms with E-state index in [9.17, 15) is 4.79 Å². The van der Waals surface area contributed by atoms with Gasteiger partial charge >= 0.3 is 0 Å². The van der Waals surface area contributed by atoms with E-state index in [-0.39, 0.29) is 0 Å². The van der Waals surface area contributed by atoms with Gasteiger partial charge in [-0.25, -0.2) is 0 Å². The molecule has 0 spiro atoms. The number of aldehydes is 1. The first-order valence-corrected chi connectivity index (χ1v) is 3.86. The predicted molar refractivity (Wildman–Crippen MR) is 40.3 cm³/mol. The first-order valence-electron chi connectivity index (χ1n) is 3.86. The third-order valence-corrected chi connectivity index (χ3v) is 1.93. The van der Waals surface area contributed by atoms with Crippen molar-refractivity contribution in [1.29, 1.82) is 0 Å². The number of hydrogen-bond donors (Lipinski definition) is 0. The maximum atomic E-state index is 10.3. The summed E-state index contributed by atoms with van der Waals surface area (Å²) >= 11 is 0. The molecule has 3 heteroatoms. The molecular weight excluding hydrogens is 140 g/mol. The summed E-state index contributed by atoms with van der Waals surface area (Å²) in [7, 11) is 0. The van der Waals surface area contributed by atoms with Gasteiger partial charge in [0.15, 0.2) is 6.29 Å². The highest BCUT2D eigenvalue weighted by molar-refractivity contribution is 5.73. The lowest BCUT2D eigenvalue weighted by Crippen LogP contribution is -1.99. The summed E-state index contributed by atoms with van der Waals surface area (Å²) in [5.74, 6) is 0.814. The minimum absolute atomic E-state index is 0.672. The third kappa shape index (κ3) is 1.48. The Morgan fingerprint density at radius 3 is 3.09 bits per heavy atom. The van der Waals surface area contributed by atoms with Crippen LogP contribution in [-0.2, 0) is 6.54 Å². The largest absolute Gasteiger partial charge is 0.298 e. The average molecular weight is 150 g/mol. The van der Waals surface area contributed by atoms with Gasteiger partial charge in [0.1, 0.15) is 0 Å². The Hall–Kier alpha value is -1.12. The summed E-state index contributed by atoms with van der Waals surface area (Å²) in [5.41, 5.74) is 0.672. The van der Waals surface area contributed by atoms with Gasteiger partial charge in [0, 0.05) is 12.7 Å². The summed E-state index contributed by atoms with van der Waals surface area (Å²) in [6, 6.07) is 0. The van der Waals surface area contributed by atoms with Crippen molar-refractivity contribution in [3.63, 3.8) is 0 Å². The average Bonchev–Trinajstić information content (AvgIpc) is 2.68. The normalized spacial score (nSPS) is 16.7. The number of nitrogens with zero attached hydrogens (tertiary/aromatic N) is 2. The minimum Gasteiger partial charge on any atom is -0.298 e. The van der Waals surface area contributed by atoms with E-state index in [4.69, 9.17) is 0 Å². The molecule has 0 amide bonds. The van der Waals surface area contributed by atoms with Gasteiger partial charge in [0.2, 0.25) is 0 Å². The fourth-order valence-electron chi connectivity index (χ4n) is 1.11. The second-order valence-electron chi connectivity index (χ2n) is 3.06. The van der Waals surface area contributed by atoms with Gasteiger partial charge in [0.05, 0.1) is 11.8 Å². The molecule has 1 saturated carbocycles. The van der Waals surface area contributed by atoms with Crippen molar-refractivity contribution < 1.29 is 4.79 Å². The van der Waals surface area contributed by atoms with Gasteiger partial charge in [-0.05, 0) is 18.8 Å². The van der Waals surface area contributed by atoms with Crippen LogP contribution in [0, 0.1) is 5.92 Å². The van der Waals surface area contributed by atoms with Crippen LogP contribution in [-0.4, -0.2) is 16.1 Å². The molecule has 2 rings (SSSR count). The molecular formula is C8H10N2O. The first kappa shape index (κ1) is 6.58. The molecule has 0 saturated heterocycles. The number of carbonyl (C=O) groups excluding carboxylic acids is 1. The molecule has 3 nitrogen and oxygen atoms in total. The summed E-state index contributed by atoms with van der Waals surface area (Å²) in [6.07, 6.45) is 6.86. The van der Waals surface area contributed by atoms with E-state index in [1.165, 1.54) is 12.8 Å². The molecule has 0 bridgehead atoms. The van der Waals surface area contributed by atoms with Gasteiger partial charge in [-0.3, -0.25) is 9.48 Å². The van der Waals surface area contributed by atoms with Crippen molar-refractivity contribution in [3.8, 4) is 0 Å². The zero-order valence-corrected chi connectivity index (χ0v) is 6.23. The molecule has 0 aliphatic heterocycles. The molecule has 0 atom stereocenters. The van der Waals surface area contributed by atoms with Crippen LogP contribution in [0.2, 0.25) is 0 Å². The third-order valence-electron chi connectivity index (χ3n) is 1.93. The molecule has 1 fully saturated rings. The lowest BCUT2D eigenvalue weighted by atomic mass is 10.4. The Kier molecular flexibility index (Phi) is 1.49. The molecule has 0 unspecified atom stereocenters. The summed E-state index contributed by atoms with van der Waals surface area (Å²) in [6.45, 7) is 0.980. The fraction of sp³-hybridized carbons (Fsp3) is 0.500. The van der Waals surface area contributed by atoms with Crippen LogP contribution in [0.5, 0.6) is 0 Å². The Bertz CT molecular complexity index is 263. The molecule has 0 aromatic carbocycles. The number of hydrogen-bond acceptors (Lipinski definition) is 2. The van der Waals surface area contributed by atoms with Gasteiger partial charge in [-0.2, -0.15) is 5.10 Å². The highest BCUT2D eigenvalue weighted by atomic mass is 16.1. The van der Waals surface area contributed by atoms with Gasteiger partial charge in [-0.15, -0.1) is 0 Å². The van der Waals surface area contributed by atoms with Crippen LogP contribution >= 0.6 is 0 Å². The van der Waals surface area contributed by atoms with E-state index in [1.54, 1.807) is 12.4 Å². The Morgan fingerprint density at radius 2 is 2.55 bits per heavy atom.